The van der Waals surface area contributed by atoms with Crippen LogP contribution >= 0.6 is 11.8 Å². The molecule has 0 radical (unpaired) electrons. The third kappa shape index (κ3) is 4.08. The van der Waals surface area contributed by atoms with E-state index in [1.54, 1.807) is 20.8 Å². The first kappa shape index (κ1) is 19.6. The lowest BCUT2D eigenvalue weighted by molar-refractivity contribution is -0.193. The quantitative estimate of drug-likeness (QED) is 0.387. The lowest BCUT2D eigenvalue weighted by Gasteiger charge is -2.38. The Morgan fingerprint density at radius 1 is 1.28 bits per heavy atom. The van der Waals surface area contributed by atoms with E-state index < -0.39 is 35.0 Å². The highest BCUT2D eigenvalue weighted by Gasteiger charge is 2.61. The predicted octanol–water partition coefficient (Wildman–Crippen LogP) is 1.07. The average Bonchev–Trinajstić information content (AvgIpc) is 2.73. The highest BCUT2D eigenvalue weighted by atomic mass is 32.2. The SMILES string of the molecule is CC(=O)OCC1(C)SC2CC(=O)N2C1C(=O)OC(C)OC(=O)C(C)C. The van der Waals surface area contributed by atoms with E-state index in [1.165, 1.54) is 30.5 Å². The summed E-state index contributed by atoms with van der Waals surface area (Å²) in [6.45, 7) is 7.80. The topological polar surface area (TPSA) is 99.2 Å². The molecule has 0 aliphatic carbocycles. The molecule has 0 aromatic carbocycles. The number of ether oxygens (including phenoxy) is 3. The number of nitrogens with zero attached hydrogens (tertiary/aromatic N) is 1. The van der Waals surface area contributed by atoms with Crippen LogP contribution in [0, 0.1) is 5.92 Å². The van der Waals surface area contributed by atoms with Crippen LogP contribution in [0.25, 0.3) is 0 Å². The fourth-order valence-electron chi connectivity index (χ4n) is 2.75. The van der Waals surface area contributed by atoms with E-state index in [2.05, 4.69) is 0 Å². The van der Waals surface area contributed by atoms with Crippen molar-refractivity contribution in [2.75, 3.05) is 6.61 Å². The molecule has 25 heavy (non-hydrogen) atoms. The van der Waals surface area contributed by atoms with Gasteiger partial charge >= 0.3 is 17.9 Å². The lowest BCUT2D eigenvalue weighted by atomic mass is 9.97. The standard InChI is InChI=1S/C16H23NO7S/c1-8(2)14(20)23-10(4)24-15(21)13-16(5,7-22-9(3)18)25-12-6-11(19)17(12)13/h8,10,12-13H,6-7H2,1-5H3. The molecular formula is C16H23NO7S. The first-order valence-corrected chi connectivity index (χ1v) is 8.96. The first-order chi connectivity index (χ1) is 11.5. The second-order valence-corrected chi connectivity index (χ2v) is 8.38. The fraction of sp³-hybridized carbons (Fsp3) is 0.750. The number of amides is 1. The molecule has 9 heteroatoms. The number of carbonyl (C=O) groups is 4. The van der Waals surface area contributed by atoms with Crippen molar-refractivity contribution in [3.8, 4) is 0 Å². The number of hydrogen-bond acceptors (Lipinski definition) is 8. The zero-order valence-electron chi connectivity index (χ0n) is 14.9. The van der Waals surface area contributed by atoms with Gasteiger partial charge in [-0.05, 0) is 6.92 Å². The van der Waals surface area contributed by atoms with Gasteiger partial charge in [-0.25, -0.2) is 4.79 Å². The average molecular weight is 373 g/mol. The summed E-state index contributed by atoms with van der Waals surface area (Å²) < 4.78 is 14.5. The maximum absolute atomic E-state index is 12.6. The first-order valence-electron chi connectivity index (χ1n) is 8.08. The number of esters is 3. The van der Waals surface area contributed by atoms with E-state index in [0.29, 0.717) is 6.42 Å². The largest absolute Gasteiger partial charge is 0.464 e. The van der Waals surface area contributed by atoms with E-state index in [4.69, 9.17) is 14.2 Å². The van der Waals surface area contributed by atoms with Crippen molar-refractivity contribution in [1.82, 2.24) is 4.90 Å². The summed E-state index contributed by atoms with van der Waals surface area (Å²) in [4.78, 5) is 48.8. The molecule has 2 aliphatic rings. The lowest BCUT2D eigenvalue weighted by Crippen LogP contribution is -2.59. The Bertz CT molecular complexity index is 593. The molecule has 2 saturated heterocycles. The summed E-state index contributed by atoms with van der Waals surface area (Å²) in [5.74, 6) is -2.13. The van der Waals surface area contributed by atoms with E-state index in [9.17, 15) is 19.2 Å². The van der Waals surface area contributed by atoms with Crippen LogP contribution in [0.3, 0.4) is 0 Å². The summed E-state index contributed by atoms with van der Waals surface area (Å²) in [6.07, 6.45) is -0.733. The Morgan fingerprint density at radius 2 is 1.92 bits per heavy atom. The Hall–Kier alpha value is -1.77. The minimum absolute atomic E-state index is 0.0206. The summed E-state index contributed by atoms with van der Waals surface area (Å²) in [6, 6.07) is -0.900. The molecule has 2 rings (SSSR count). The third-order valence-electron chi connectivity index (χ3n) is 4.03. The molecule has 2 aliphatic heterocycles. The van der Waals surface area contributed by atoms with Gasteiger partial charge in [-0.3, -0.25) is 14.4 Å². The number of fused-ring (bicyclic) bond motifs is 1. The molecular weight excluding hydrogens is 350 g/mol. The maximum atomic E-state index is 12.6. The van der Waals surface area contributed by atoms with Gasteiger partial charge in [0.15, 0.2) is 0 Å². The monoisotopic (exact) mass is 373 g/mol. The van der Waals surface area contributed by atoms with Gasteiger partial charge < -0.3 is 19.1 Å². The zero-order valence-corrected chi connectivity index (χ0v) is 15.8. The molecule has 8 nitrogen and oxygen atoms in total. The van der Waals surface area contributed by atoms with Gasteiger partial charge in [-0.2, -0.15) is 0 Å². The van der Waals surface area contributed by atoms with Crippen LogP contribution in [-0.4, -0.2) is 57.8 Å². The number of hydrogen-bond donors (Lipinski definition) is 0. The van der Waals surface area contributed by atoms with E-state index in [-0.39, 0.29) is 23.8 Å². The normalized spacial score (nSPS) is 28.9. The zero-order chi connectivity index (χ0) is 18.9. The summed E-state index contributed by atoms with van der Waals surface area (Å²) in [5, 5.41) is -0.140. The smallest absolute Gasteiger partial charge is 0.333 e. The van der Waals surface area contributed by atoms with Gasteiger partial charge in [0, 0.05) is 13.8 Å². The van der Waals surface area contributed by atoms with Crippen LogP contribution in [0.1, 0.15) is 41.0 Å². The molecule has 0 aromatic heterocycles. The van der Waals surface area contributed by atoms with E-state index in [1.807, 2.05) is 0 Å². The van der Waals surface area contributed by atoms with Crippen LogP contribution in [-0.2, 0) is 33.4 Å². The molecule has 2 heterocycles. The molecule has 1 amide bonds. The Kier molecular flexibility index (Phi) is 5.65. The Balaban J connectivity index is 2.09. The van der Waals surface area contributed by atoms with Crippen molar-refractivity contribution < 1.29 is 33.4 Å². The van der Waals surface area contributed by atoms with Gasteiger partial charge in [0.25, 0.3) is 0 Å². The second kappa shape index (κ2) is 7.23. The molecule has 4 atom stereocenters. The molecule has 0 spiro atoms. The number of β-lactam (4-membered cyclic amide) rings is 1. The molecule has 0 bridgehead atoms. The molecule has 140 valence electrons. The van der Waals surface area contributed by atoms with Gasteiger partial charge in [-0.15, -0.1) is 11.8 Å². The van der Waals surface area contributed by atoms with Crippen LogP contribution in [0.2, 0.25) is 0 Å². The number of thioether (sulfide) groups is 1. The van der Waals surface area contributed by atoms with Crippen LogP contribution in [0.15, 0.2) is 0 Å². The summed E-state index contributed by atoms with van der Waals surface area (Å²) in [7, 11) is 0. The summed E-state index contributed by atoms with van der Waals surface area (Å²) in [5.41, 5.74) is 0. The van der Waals surface area contributed by atoms with Crippen molar-refractivity contribution >= 4 is 35.6 Å². The maximum Gasteiger partial charge on any atom is 0.333 e. The van der Waals surface area contributed by atoms with Crippen molar-refractivity contribution in [2.24, 2.45) is 5.92 Å². The summed E-state index contributed by atoms with van der Waals surface area (Å²) >= 11 is 1.41. The second-order valence-electron chi connectivity index (χ2n) is 6.67. The van der Waals surface area contributed by atoms with Gasteiger partial charge in [0.2, 0.25) is 12.2 Å². The predicted molar refractivity (Wildman–Crippen MR) is 88.2 cm³/mol. The fourth-order valence-corrected chi connectivity index (χ4v) is 4.42. The minimum atomic E-state index is -1.07. The van der Waals surface area contributed by atoms with Crippen LogP contribution in [0.5, 0.6) is 0 Å². The molecule has 0 aromatic rings. The van der Waals surface area contributed by atoms with Gasteiger partial charge in [0.1, 0.15) is 12.6 Å². The number of rotatable bonds is 6. The van der Waals surface area contributed by atoms with Crippen molar-refractivity contribution in [3.63, 3.8) is 0 Å². The Labute approximate surface area is 150 Å². The Morgan fingerprint density at radius 3 is 2.44 bits per heavy atom. The molecule has 2 fully saturated rings. The van der Waals surface area contributed by atoms with Gasteiger partial charge in [0.05, 0.1) is 22.5 Å². The molecule has 4 unspecified atom stereocenters. The molecule has 0 saturated carbocycles. The highest BCUT2D eigenvalue weighted by Crippen LogP contribution is 2.51. The van der Waals surface area contributed by atoms with Crippen molar-refractivity contribution in [1.29, 1.82) is 0 Å². The molecule has 0 N–H and O–H groups in total. The third-order valence-corrected chi connectivity index (χ3v) is 5.58. The van der Waals surface area contributed by atoms with Crippen molar-refractivity contribution in [3.05, 3.63) is 0 Å². The van der Waals surface area contributed by atoms with Crippen LogP contribution < -0.4 is 0 Å². The number of carbonyl (C=O) groups excluding carboxylic acids is 4. The minimum Gasteiger partial charge on any atom is -0.464 e. The van der Waals surface area contributed by atoms with Crippen LogP contribution in [0.4, 0.5) is 0 Å². The van der Waals surface area contributed by atoms with Crippen molar-refractivity contribution in [2.45, 2.75) is 63.5 Å². The van der Waals surface area contributed by atoms with E-state index >= 15 is 0 Å². The highest BCUT2D eigenvalue weighted by molar-refractivity contribution is 8.01. The van der Waals surface area contributed by atoms with E-state index in [0.717, 1.165) is 0 Å². The van der Waals surface area contributed by atoms with Gasteiger partial charge in [-0.1, -0.05) is 13.8 Å².